The van der Waals surface area contributed by atoms with Gasteiger partial charge in [-0.15, -0.1) is 0 Å². The summed E-state index contributed by atoms with van der Waals surface area (Å²) in [5.74, 6) is 0.232. The molecule has 6 heteroatoms. The summed E-state index contributed by atoms with van der Waals surface area (Å²) < 4.78 is 31.9. The Hall–Kier alpha value is -0.170. The van der Waals surface area contributed by atoms with Crippen LogP contribution in [0.2, 0.25) is 0 Å². The molecule has 2 aliphatic rings. The summed E-state index contributed by atoms with van der Waals surface area (Å²) >= 11 is 0. The Morgan fingerprint density at radius 2 is 2.05 bits per heavy atom. The molecule has 19 heavy (non-hydrogen) atoms. The summed E-state index contributed by atoms with van der Waals surface area (Å²) in [7, 11) is -3.12. The monoisotopic (exact) mass is 290 g/mol. The number of hydrogen-bond donors (Lipinski definition) is 2. The minimum absolute atomic E-state index is 0.232. The summed E-state index contributed by atoms with van der Waals surface area (Å²) in [6.07, 6.45) is 7.45. The van der Waals surface area contributed by atoms with Gasteiger partial charge < -0.3 is 10.1 Å². The average molecular weight is 290 g/mol. The molecule has 0 aromatic rings. The lowest BCUT2D eigenvalue weighted by Gasteiger charge is -2.23. The van der Waals surface area contributed by atoms with Crippen LogP contribution in [-0.4, -0.2) is 46.0 Å². The molecule has 2 rings (SSSR count). The van der Waals surface area contributed by atoms with E-state index in [0.29, 0.717) is 12.6 Å². The molecule has 5 nitrogen and oxygen atoms in total. The highest BCUT2D eigenvalue weighted by Crippen LogP contribution is 2.15. The summed E-state index contributed by atoms with van der Waals surface area (Å²) in [5.41, 5.74) is 0. The van der Waals surface area contributed by atoms with Crippen molar-refractivity contribution in [3.05, 3.63) is 0 Å². The summed E-state index contributed by atoms with van der Waals surface area (Å²) in [6.45, 7) is 2.35. The molecule has 0 radical (unpaired) electrons. The van der Waals surface area contributed by atoms with Gasteiger partial charge in [0.25, 0.3) is 0 Å². The van der Waals surface area contributed by atoms with E-state index >= 15 is 0 Å². The largest absolute Gasteiger partial charge is 0.378 e. The van der Waals surface area contributed by atoms with Crippen LogP contribution in [0.4, 0.5) is 0 Å². The van der Waals surface area contributed by atoms with Crippen molar-refractivity contribution in [2.24, 2.45) is 0 Å². The van der Waals surface area contributed by atoms with Crippen LogP contribution in [0.5, 0.6) is 0 Å². The molecule has 2 fully saturated rings. The predicted octanol–water partition coefficient (Wildman–Crippen LogP) is 1.01. The van der Waals surface area contributed by atoms with Gasteiger partial charge in [0.15, 0.2) is 0 Å². The maximum absolute atomic E-state index is 11.9. The van der Waals surface area contributed by atoms with Gasteiger partial charge in [-0.2, -0.15) is 0 Å². The Bertz CT molecular complexity index is 347. The van der Waals surface area contributed by atoms with E-state index in [-0.39, 0.29) is 11.9 Å². The zero-order chi connectivity index (χ0) is 13.6. The Morgan fingerprint density at radius 1 is 1.16 bits per heavy atom. The van der Waals surface area contributed by atoms with Crippen molar-refractivity contribution in [2.45, 2.75) is 57.1 Å². The second-order valence-corrected chi connectivity index (χ2v) is 7.50. The van der Waals surface area contributed by atoms with Crippen LogP contribution < -0.4 is 10.0 Å². The van der Waals surface area contributed by atoms with Crippen molar-refractivity contribution < 1.29 is 13.2 Å². The molecule has 2 heterocycles. The van der Waals surface area contributed by atoms with E-state index < -0.39 is 10.0 Å². The first-order chi connectivity index (χ1) is 9.16. The SMILES string of the molecule is O=S(=O)(CCC1CCCCN1)NCCC1CCCO1. The van der Waals surface area contributed by atoms with Crippen LogP contribution in [0.25, 0.3) is 0 Å². The van der Waals surface area contributed by atoms with Gasteiger partial charge in [0.2, 0.25) is 10.0 Å². The quantitative estimate of drug-likeness (QED) is 0.734. The minimum Gasteiger partial charge on any atom is -0.378 e. The van der Waals surface area contributed by atoms with Gasteiger partial charge in [0.1, 0.15) is 0 Å². The van der Waals surface area contributed by atoms with Crippen LogP contribution in [0, 0.1) is 0 Å². The smallest absolute Gasteiger partial charge is 0.211 e. The van der Waals surface area contributed by atoms with Gasteiger partial charge >= 0.3 is 0 Å². The third-order valence-electron chi connectivity index (χ3n) is 3.96. The fourth-order valence-electron chi connectivity index (χ4n) is 2.79. The molecule has 2 atom stereocenters. The molecule has 0 bridgehead atoms. The molecular weight excluding hydrogens is 264 g/mol. The highest BCUT2D eigenvalue weighted by Gasteiger charge is 2.19. The van der Waals surface area contributed by atoms with Crippen LogP contribution in [0.1, 0.15) is 44.9 Å². The van der Waals surface area contributed by atoms with Gasteiger partial charge in [-0.1, -0.05) is 6.42 Å². The molecule has 2 aliphatic heterocycles. The van der Waals surface area contributed by atoms with Gasteiger partial charge in [-0.3, -0.25) is 0 Å². The van der Waals surface area contributed by atoms with E-state index in [1.807, 2.05) is 0 Å². The first kappa shape index (κ1) is 15.2. The molecule has 0 amide bonds. The van der Waals surface area contributed by atoms with Crippen LogP contribution in [0.15, 0.2) is 0 Å². The number of nitrogens with one attached hydrogen (secondary N) is 2. The highest BCUT2D eigenvalue weighted by molar-refractivity contribution is 7.89. The molecule has 0 aromatic heterocycles. The molecule has 0 aliphatic carbocycles. The number of rotatable bonds is 7. The third kappa shape index (κ3) is 5.77. The molecule has 0 spiro atoms. The lowest BCUT2D eigenvalue weighted by atomic mass is 10.0. The van der Waals surface area contributed by atoms with Crippen LogP contribution >= 0.6 is 0 Å². The highest BCUT2D eigenvalue weighted by atomic mass is 32.2. The van der Waals surface area contributed by atoms with E-state index in [2.05, 4.69) is 10.0 Å². The lowest BCUT2D eigenvalue weighted by Crippen LogP contribution is -2.37. The maximum Gasteiger partial charge on any atom is 0.211 e. The number of hydrogen-bond acceptors (Lipinski definition) is 4. The lowest BCUT2D eigenvalue weighted by molar-refractivity contribution is 0.105. The zero-order valence-electron chi connectivity index (χ0n) is 11.6. The van der Waals surface area contributed by atoms with Crippen molar-refractivity contribution in [3.63, 3.8) is 0 Å². The fraction of sp³-hybridized carbons (Fsp3) is 1.00. The molecule has 112 valence electrons. The zero-order valence-corrected chi connectivity index (χ0v) is 12.4. The minimum atomic E-state index is -3.12. The van der Waals surface area contributed by atoms with E-state index in [0.717, 1.165) is 45.3 Å². The predicted molar refractivity (Wildman–Crippen MR) is 75.6 cm³/mol. The molecule has 2 saturated heterocycles. The molecule has 0 saturated carbocycles. The Morgan fingerprint density at radius 3 is 2.74 bits per heavy atom. The Kier molecular flexibility index (Phi) is 6.06. The molecule has 2 N–H and O–H groups in total. The number of piperidine rings is 1. The molecular formula is C13H26N2O3S. The van der Waals surface area contributed by atoms with E-state index in [9.17, 15) is 8.42 Å². The van der Waals surface area contributed by atoms with Gasteiger partial charge in [0.05, 0.1) is 11.9 Å². The van der Waals surface area contributed by atoms with Gasteiger partial charge in [-0.25, -0.2) is 13.1 Å². The fourth-order valence-corrected chi connectivity index (χ4v) is 3.96. The first-order valence-corrected chi connectivity index (χ1v) is 9.13. The van der Waals surface area contributed by atoms with E-state index in [4.69, 9.17) is 4.74 Å². The van der Waals surface area contributed by atoms with Crippen molar-refractivity contribution in [2.75, 3.05) is 25.4 Å². The van der Waals surface area contributed by atoms with Crippen molar-refractivity contribution in [3.8, 4) is 0 Å². The van der Waals surface area contributed by atoms with E-state index in [1.54, 1.807) is 0 Å². The third-order valence-corrected chi connectivity index (χ3v) is 5.38. The van der Waals surface area contributed by atoms with Crippen molar-refractivity contribution in [1.82, 2.24) is 10.0 Å². The maximum atomic E-state index is 11.9. The topological polar surface area (TPSA) is 67.4 Å². The van der Waals surface area contributed by atoms with Crippen molar-refractivity contribution >= 4 is 10.0 Å². The Labute approximate surface area is 116 Å². The van der Waals surface area contributed by atoms with Crippen LogP contribution in [-0.2, 0) is 14.8 Å². The normalized spacial score (nSPS) is 28.6. The number of ether oxygens (including phenoxy) is 1. The average Bonchev–Trinajstić information content (AvgIpc) is 2.91. The van der Waals surface area contributed by atoms with Gasteiger partial charge in [0, 0.05) is 19.2 Å². The standard InChI is InChI=1S/C13H26N2O3S/c16-19(17,11-7-12-4-1-2-8-14-12)15-9-6-13-5-3-10-18-13/h12-15H,1-11H2. The molecule has 2 unspecified atom stereocenters. The van der Waals surface area contributed by atoms with Crippen molar-refractivity contribution in [1.29, 1.82) is 0 Å². The second kappa shape index (κ2) is 7.57. The summed E-state index contributed by atoms with van der Waals surface area (Å²) in [5, 5.41) is 3.38. The van der Waals surface area contributed by atoms with Gasteiger partial charge in [-0.05, 0) is 45.1 Å². The molecule has 0 aromatic carbocycles. The number of sulfonamides is 1. The Balaban J connectivity index is 1.60. The summed E-state index contributed by atoms with van der Waals surface area (Å²) in [6, 6.07) is 0.378. The first-order valence-electron chi connectivity index (χ1n) is 7.48. The van der Waals surface area contributed by atoms with Crippen LogP contribution in [0.3, 0.4) is 0 Å². The second-order valence-electron chi connectivity index (χ2n) is 5.57. The van der Waals surface area contributed by atoms with E-state index in [1.165, 1.54) is 12.8 Å². The summed E-state index contributed by atoms with van der Waals surface area (Å²) in [4.78, 5) is 0.